The molecule has 0 aliphatic heterocycles. The predicted octanol–water partition coefficient (Wildman–Crippen LogP) is 3.61. The van der Waals surface area contributed by atoms with Crippen molar-refractivity contribution in [3.63, 3.8) is 0 Å². The first-order chi connectivity index (χ1) is 9.81. The van der Waals surface area contributed by atoms with Gasteiger partial charge in [-0.1, -0.05) is 50.3 Å². The first-order valence-electron chi connectivity index (χ1n) is 7.66. The highest BCUT2D eigenvalue weighted by Gasteiger charge is 2.20. The molecule has 0 radical (unpaired) electrons. The van der Waals surface area contributed by atoms with Crippen LogP contribution in [-0.2, 0) is 6.54 Å². The molecule has 0 saturated heterocycles. The molecule has 1 saturated carbocycles. The molecule has 0 bridgehead atoms. The minimum Gasteiger partial charge on any atom is -0.481 e. The molecule has 2 atom stereocenters. The maximum absolute atomic E-state index is 5.57. The molecule has 1 aromatic rings. The van der Waals surface area contributed by atoms with Gasteiger partial charge in [-0.15, -0.1) is 6.42 Å². The zero-order valence-corrected chi connectivity index (χ0v) is 12.4. The van der Waals surface area contributed by atoms with Crippen LogP contribution in [0, 0.1) is 24.2 Å². The number of para-hydroxylation sites is 1. The number of benzene rings is 1. The van der Waals surface area contributed by atoms with Gasteiger partial charge in [0.1, 0.15) is 12.4 Å². The Labute approximate surface area is 122 Å². The highest BCUT2D eigenvalue weighted by Crippen LogP contribution is 2.29. The number of ether oxygens (including phenoxy) is 1. The molecule has 1 aliphatic rings. The monoisotopic (exact) mass is 271 g/mol. The molecule has 20 heavy (non-hydrogen) atoms. The quantitative estimate of drug-likeness (QED) is 0.798. The van der Waals surface area contributed by atoms with E-state index in [-0.39, 0.29) is 0 Å². The Morgan fingerprint density at radius 1 is 1.30 bits per heavy atom. The molecule has 2 heteroatoms. The van der Waals surface area contributed by atoms with E-state index in [0.29, 0.717) is 6.61 Å². The minimum absolute atomic E-state index is 0.330. The van der Waals surface area contributed by atoms with Gasteiger partial charge in [0.2, 0.25) is 0 Å². The lowest BCUT2D eigenvalue weighted by Crippen LogP contribution is -2.29. The number of terminal acetylenes is 1. The van der Waals surface area contributed by atoms with E-state index in [1.165, 1.54) is 31.2 Å². The molecule has 0 aromatic heterocycles. The molecule has 1 fully saturated rings. The van der Waals surface area contributed by atoms with Gasteiger partial charge in [0, 0.05) is 12.1 Å². The summed E-state index contributed by atoms with van der Waals surface area (Å²) in [5, 5.41) is 3.59. The third kappa shape index (κ3) is 4.28. The zero-order valence-electron chi connectivity index (χ0n) is 12.4. The summed E-state index contributed by atoms with van der Waals surface area (Å²) in [6.07, 6.45) is 10.8. The summed E-state index contributed by atoms with van der Waals surface area (Å²) in [6, 6.07) is 8.11. The fourth-order valence-corrected chi connectivity index (χ4v) is 3.00. The maximum Gasteiger partial charge on any atom is 0.148 e. The lowest BCUT2D eigenvalue weighted by Gasteiger charge is -2.29. The average Bonchev–Trinajstić information content (AvgIpc) is 2.48. The van der Waals surface area contributed by atoms with E-state index in [1.54, 1.807) is 0 Å². The zero-order chi connectivity index (χ0) is 14.2. The van der Waals surface area contributed by atoms with E-state index < -0.39 is 0 Å². The number of rotatable bonds is 6. The van der Waals surface area contributed by atoms with Gasteiger partial charge in [0.05, 0.1) is 0 Å². The lowest BCUT2D eigenvalue weighted by atomic mass is 9.80. The smallest absolute Gasteiger partial charge is 0.148 e. The molecule has 1 aromatic carbocycles. The van der Waals surface area contributed by atoms with Gasteiger partial charge < -0.3 is 10.1 Å². The Bertz CT molecular complexity index is 449. The van der Waals surface area contributed by atoms with Crippen molar-refractivity contribution in [1.82, 2.24) is 5.32 Å². The summed E-state index contributed by atoms with van der Waals surface area (Å²) in [7, 11) is 0. The molecule has 2 nitrogen and oxygen atoms in total. The van der Waals surface area contributed by atoms with Gasteiger partial charge in [0.15, 0.2) is 0 Å². The second-order valence-corrected chi connectivity index (χ2v) is 5.75. The summed E-state index contributed by atoms with van der Waals surface area (Å²) < 4.78 is 5.57. The molecule has 0 amide bonds. The summed E-state index contributed by atoms with van der Waals surface area (Å²) in [4.78, 5) is 0. The molecular formula is C18H25NO. The van der Waals surface area contributed by atoms with Crippen LogP contribution in [0.3, 0.4) is 0 Å². The van der Waals surface area contributed by atoms with Gasteiger partial charge in [-0.25, -0.2) is 0 Å². The average molecular weight is 271 g/mol. The Hall–Kier alpha value is -1.46. The molecule has 1 N–H and O–H groups in total. The number of hydrogen-bond donors (Lipinski definition) is 1. The highest BCUT2D eigenvalue weighted by atomic mass is 16.5. The third-order valence-corrected chi connectivity index (χ3v) is 4.29. The van der Waals surface area contributed by atoms with Gasteiger partial charge in [-0.05, 0) is 30.9 Å². The molecule has 108 valence electrons. The van der Waals surface area contributed by atoms with Crippen molar-refractivity contribution in [2.45, 2.75) is 39.2 Å². The number of hydrogen-bond acceptors (Lipinski definition) is 2. The fraction of sp³-hybridized carbons (Fsp3) is 0.556. The van der Waals surface area contributed by atoms with Crippen molar-refractivity contribution in [3.8, 4) is 18.1 Å². The van der Waals surface area contributed by atoms with Crippen LogP contribution in [0.15, 0.2) is 24.3 Å². The van der Waals surface area contributed by atoms with Crippen LogP contribution in [0.2, 0.25) is 0 Å². The van der Waals surface area contributed by atoms with Gasteiger partial charge >= 0.3 is 0 Å². The van der Waals surface area contributed by atoms with Crippen molar-refractivity contribution in [3.05, 3.63) is 29.8 Å². The van der Waals surface area contributed by atoms with E-state index in [2.05, 4.69) is 24.2 Å². The van der Waals surface area contributed by atoms with Crippen LogP contribution in [0.25, 0.3) is 0 Å². The second-order valence-electron chi connectivity index (χ2n) is 5.75. The van der Waals surface area contributed by atoms with Crippen molar-refractivity contribution >= 4 is 0 Å². The van der Waals surface area contributed by atoms with Crippen LogP contribution in [0.1, 0.15) is 38.2 Å². The normalized spacial score (nSPS) is 22.2. The Balaban J connectivity index is 1.83. The maximum atomic E-state index is 5.57. The Kier molecular flexibility index (Phi) is 5.95. The Morgan fingerprint density at radius 3 is 2.90 bits per heavy atom. The third-order valence-electron chi connectivity index (χ3n) is 4.29. The van der Waals surface area contributed by atoms with Gasteiger partial charge in [0.25, 0.3) is 0 Å². The molecule has 2 rings (SSSR count). The lowest BCUT2D eigenvalue weighted by molar-refractivity contribution is 0.247. The topological polar surface area (TPSA) is 21.3 Å². The van der Waals surface area contributed by atoms with Crippen molar-refractivity contribution in [1.29, 1.82) is 0 Å². The highest BCUT2D eigenvalue weighted by molar-refractivity contribution is 5.33. The first kappa shape index (κ1) is 14.9. The molecule has 0 heterocycles. The predicted molar refractivity (Wildman–Crippen MR) is 83.6 cm³/mol. The van der Waals surface area contributed by atoms with E-state index >= 15 is 0 Å². The largest absolute Gasteiger partial charge is 0.481 e. The summed E-state index contributed by atoms with van der Waals surface area (Å²) >= 11 is 0. The van der Waals surface area contributed by atoms with Crippen LogP contribution < -0.4 is 10.1 Å². The number of nitrogens with one attached hydrogen (secondary N) is 1. The fourth-order valence-electron chi connectivity index (χ4n) is 3.00. The molecule has 2 unspecified atom stereocenters. The van der Waals surface area contributed by atoms with Crippen LogP contribution >= 0.6 is 0 Å². The SMILES string of the molecule is C#CCOc1ccccc1CNCC1CCCCC1C. The van der Waals surface area contributed by atoms with Crippen LogP contribution in [-0.4, -0.2) is 13.2 Å². The van der Waals surface area contributed by atoms with Gasteiger partial charge in [-0.3, -0.25) is 0 Å². The molecule has 1 aliphatic carbocycles. The van der Waals surface area contributed by atoms with Crippen molar-refractivity contribution in [2.75, 3.05) is 13.2 Å². The second kappa shape index (κ2) is 7.97. The van der Waals surface area contributed by atoms with Gasteiger partial charge in [-0.2, -0.15) is 0 Å². The first-order valence-corrected chi connectivity index (χ1v) is 7.66. The van der Waals surface area contributed by atoms with E-state index in [0.717, 1.165) is 30.7 Å². The summed E-state index contributed by atoms with van der Waals surface area (Å²) in [5.74, 6) is 5.09. The standard InChI is InChI=1S/C18H25NO/c1-3-12-20-18-11-7-6-10-17(18)14-19-13-16-9-5-4-8-15(16)2/h1,6-7,10-11,15-16,19H,4-5,8-9,12-14H2,2H3. The van der Waals surface area contributed by atoms with Crippen LogP contribution in [0.4, 0.5) is 0 Å². The molecular weight excluding hydrogens is 246 g/mol. The molecule has 0 spiro atoms. The van der Waals surface area contributed by atoms with Crippen molar-refractivity contribution in [2.24, 2.45) is 11.8 Å². The van der Waals surface area contributed by atoms with Crippen molar-refractivity contribution < 1.29 is 4.74 Å². The van der Waals surface area contributed by atoms with E-state index in [4.69, 9.17) is 11.2 Å². The van der Waals surface area contributed by atoms with Crippen LogP contribution in [0.5, 0.6) is 5.75 Å². The van der Waals surface area contributed by atoms with E-state index in [9.17, 15) is 0 Å². The summed E-state index contributed by atoms with van der Waals surface area (Å²) in [6.45, 7) is 4.67. The Morgan fingerprint density at radius 2 is 2.10 bits per heavy atom. The van der Waals surface area contributed by atoms with E-state index in [1.807, 2.05) is 18.2 Å². The summed E-state index contributed by atoms with van der Waals surface area (Å²) in [5.41, 5.74) is 1.19. The minimum atomic E-state index is 0.330.